The Morgan fingerprint density at radius 3 is 2.71 bits per heavy atom. The quantitative estimate of drug-likeness (QED) is 0.155. The zero-order chi connectivity index (χ0) is 21.2. The first-order chi connectivity index (χ1) is 14.7. The summed E-state index contributed by atoms with van der Waals surface area (Å²) in [7, 11) is 1.68. The summed E-state index contributed by atoms with van der Waals surface area (Å²) < 4.78 is 11.0. The lowest BCUT2D eigenvalue weighted by molar-refractivity contribution is 0.145. The number of fused-ring (bicyclic) bond motifs is 1. The minimum atomic E-state index is 0. The van der Waals surface area contributed by atoms with E-state index in [1.807, 2.05) is 0 Å². The van der Waals surface area contributed by atoms with Crippen LogP contribution in [0.5, 0.6) is 5.75 Å². The molecule has 2 aromatic carbocycles. The van der Waals surface area contributed by atoms with E-state index in [9.17, 15) is 0 Å². The minimum absolute atomic E-state index is 0. The van der Waals surface area contributed by atoms with Gasteiger partial charge in [-0.1, -0.05) is 30.3 Å². The van der Waals surface area contributed by atoms with Crippen molar-refractivity contribution in [2.45, 2.75) is 26.8 Å². The average molecular weight is 536 g/mol. The Kier molecular flexibility index (Phi) is 10.7. The Labute approximate surface area is 201 Å². The van der Waals surface area contributed by atoms with Crippen molar-refractivity contribution in [1.82, 2.24) is 15.6 Å². The number of H-pyrrole nitrogens is 1. The predicted molar refractivity (Wildman–Crippen MR) is 139 cm³/mol. The molecule has 0 aliphatic carbocycles. The van der Waals surface area contributed by atoms with Crippen molar-refractivity contribution in [3.63, 3.8) is 0 Å². The maximum atomic E-state index is 5.88. The zero-order valence-electron chi connectivity index (χ0n) is 18.5. The normalized spacial score (nSPS) is 11.3. The van der Waals surface area contributed by atoms with Gasteiger partial charge >= 0.3 is 0 Å². The summed E-state index contributed by atoms with van der Waals surface area (Å²) in [6, 6.07) is 14.6. The average Bonchev–Trinajstić information content (AvgIpc) is 3.16. The van der Waals surface area contributed by atoms with Crippen LogP contribution < -0.4 is 15.4 Å². The highest BCUT2D eigenvalue weighted by molar-refractivity contribution is 14.0. The molecule has 0 spiro atoms. The second-order valence-corrected chi connectivity index (χ2v) is 7.18. The first-order valence-electron chi connectivity index (χ1n) is 10.5. The number of para-hydroxylation sites is 1. The molecular weight excluding hydrogens is 503 g/mol. The van der Waals surface area contributed by atoms with E-state index in [-0.39, 0.29) is 24.0 Å². The van der Waals surface area contributed by atoms with Gasteiger partial charge in [0, 0.05) is 42.9 Å². The Morgan fingerprint density at radius 1 is 1.06 bits per heavy atom. The lowest BCUT2D eigenvalue weighted by Crippen LogP contribution is -2.38. The minimum Gasteiger partial charge on any atom is -0.491 e. The largest absolute Gasteiger partial charge is 0.491 e. The van der Waals surface area contributed by atoms with Crippen LogP contribution in [0.3, 0.4) is 0 Å². The monoisotopic (exact) mass is 536 g/mol. The third kappa shape index (κ3) is 7.43. The van der Waals surface area contributed by atoms with Crippen LogP contribution in [0, 0.1) is 6.92 Å². The Bertz CT molecular complexity index is 971. The number of aliphatic imine (C=N–C) groups is 1. The van der Waals surface area contributed by atoms with Crippen molar-refractivity contribution < 1.29 is 9.47 Å². The molecule has 1 aromatic heterocycles. The van der Waals surface area contributed by atoms with Crippen LogP contribution in [0.15, 0.2) is 53.7 Å². The van der Waals surface area contributed by atoms with Crippen molar-refractivity contribution in [3.8, 4) is 5.75 Å². The van der Waals surface area contributed by atoms with Crippen molar-refractivity contribution >= 4 is 40.8 Å². The van der Waals surface area contributed by atoms with Gasteiger partial charge in [-0.15, -0.1) is 24.0 Å². The number of nitrogens with zero attached hydrogens (tertiary/aromatic N) is 1. The molecule has 0 fully saturated rings. The molecule has 0 saturated heterocycles. The molecule has 6 nitrogen and oxygen atoms in total. The fourth-order valence-corrected chi connectivity index (χ4v) is 3.32. The molecule has 3 aromatic rings. The molecule has 0 amide bonds. The van der Waals surface area contributed by atoms with Crippen LogP contribution in [-0.4, -0.2) is 44.4 Å². The molecule has 0 bridgehead atoms. The fourth-order valence-electron chi connectivity index (χ4n) is 3.32. The number of halogens is 1. The van der Waals surface area contributed by atoms with E-state index in [0.717, 1.165) is 36.8 Å². The highest BCUT2D eigenvalue weighted by Crippen LogP contribution is 2.21. The zero-order valence-corrected chi connectivity index (χ0v) is 20.9. The second kappa shape index (κ2) is 13.2. The lowest BCUT2D eigenvalue weighted by atomic mass is 10.1. The molecule has 168 valence electrons. The summed E-state index contributed by atoms with van der Waals surface area (Å²) in [5, 5.41) is 8.04. The summed E-state index contributed by atoms with van der Waals surface area (Å²) in [5.41, 5.74) is 4.71. The van der Waals surface area contributed by atoms with E-state index in [1.165, 1.54) is 22.0 Å². The summed E-state index contributed by atoms with van der Waals surface area (Å²) in [6.45, 7) is 7.39. The van der Waals surface area contributed by atoms with Crippen LogP contribution in [0.25, 0.3) is 10.9 Å². The van der Waals surface area contributed by atoms with Gasteiger partial charge in [0.15, 0.2) is 5.96 Å². The van der Waals surface area contributed by atoms with Crippen molar-refractivity contribution in [2.24, 2.45) is 4.99 Å². The van der Waals surface area contributed by atoms with Crippen LogP contribution in [0.1, 0.15) is 23.6 Å². The van der Waals surface area contributed by atoms with E-state index in [2.05, 4.69) is 78.1 Å². The molecule has 1 heterocycles. The Morgan fingerprint density at radius 2 is 1.90 bits per heavy atom. The van der Waals surface area contributed by atoms with Gasteiger partial charge in [0.25, 0.3) is 0 Å². The van der Waals surface area contributed by atoms with Crippen LogP contribution in [0.4, 0.5) is 0 Å². The van der Waals surface area contributed by atoms with Gasteiger partial charge in [0.05, 0.1) is 13.2 Å². The Balaban J connectivity index is 0.00000341. The number of aryl methyl sites for hydroxylation is 1. The van der Waals surface area contributed by atoms with Crippen molar-refractivity contribution in [2.75, 3.05) is 33.4 Å². The number of ether oxygens (including phenoxy) is 2. The SMILES string of the molecule is CCNC(=NCc1ccc(C)cc1OCCOC)NCCc1c[nH]c2ccccc12.I. The smallest absolute Gasteiger partial charge is 0.191 e. The lowest BCUT2D eigenvalue weighted by Gasteiger charge is -2.13. The Hall–Kier alpha value is -2.26. The summed E-state index contributed by atoms with van der Waals surface area (Å²) >= 11 is 0. The number of aromatic amines is 1. The fraction of sp³-hybridized carbons (Fsp3) is 0.375. The maximum absolute atomic E-state index is 5.88. The first kappa shape index (κ1) is 25.0. The second-order valence-electron chi connectivity index (χ2n) is 7.18. The number of rotatable bonds is 10. The van der Waals surface area contributed by atoms with E-state index in [0.29, 0.717) is 19.8 Å². The van der Waals surface area contributed by atoms with Gasteiger partial charge in [0.2, 0.25) is 0 Å². The number of hydrogen-bond donors (Lipinski definition) is 3. The van der Waals surface area contributed by atoms with E-state index >= 15 is 0 Å². The molecule has 0 saturated carbocycles. The number of aromatic nitrogens is 1. The van der Waals surface area contributed by atoms with E-state index in [1.54, 1.807) is 7.11 Å². The molecule has 31 heavy (non-hydrogen) atoms. The first-order valence-corrected chi connectivity index (χ1v) is 10.5. The van der Waals surface area contributed by atoms with E-state index < -0.39 is 0 Å². The van der Waals surface area contributed by atoms with Gasteiger partial charge in [-0.3, -0.25) is 0 Å². The highest BCUT2D eigenvalue weighted by atomic mass is 127. The molecule has 0 atom stereocenters. The van der Waals surface area contributed by atoms with Crippen LogP contribution in [-0.2, 0) is 17.7 Å². The number of hydrogen-bond acceptors (Lipinski definition) is 3. The number of benzene rings is 2. The maximum Gasteiger partial charge on any atom is 0.191 e. The number of guanidine groups is 1. The van der Waals surface area contributed by atoms with Crippen LogP contribution in [0.2, 0.25) is 0 Å². The molecule has 0 aliphatic rings. The molecular formula is C24H33IN4O2. The highest BCUT2D eigenvalue weighted by Gasteiger charge is 2.06. The van der Waals surface area contributed by atoms with Crippen LogP contribution >= 0.6 is 24.0 Å². The molecule has 3 N–H and O–H groups in total. The summed E-state index contributed by atoms with van der Waals surface area (Å²) in [6.07, 6.45) is 3.01. The predicted octanol–water partition coefficient (Wildman–Crippen LogP) is 4.42. The third-order valence-corrected chi connectivity index (χ3v) is 4.88. The van der Waals surface area contributed by atoms with Gasteiger partial charge in [-0.2, -0.15) is 0 Å². The molecule has 0 aliphatic heterocycles. The summed E-state index contributed by atoms with van der Waals surface area (Å²) in [4.78, 5) is 8.09. The molecule has 3 rings (SSSR count). The van der Waals surface area contributed by atoms with Crippen molar-refractivity contribution in [3.05, 3.63) is 65.4 Å². The van der Waals surface area contributed by atoms with Gasteiger partial charge < -0.3 is 25.1 Å². The standard InChI is InChI=1S/C24H32N4O2.HI/c1-4-25-24(26-12-11-19-16-27-22-8-6-5-7-21(19)22)28-17-20-10-9-18(2)15-23(20)30-14-13-29-3;/h5-10,15-16,27H,4,11-14,17H2,1-3H3,(H2,25,26,28);1H. The van der Waals surface area contributed by atoms with Gasteiger partial charge in [-0.05, 0) is 43.5 Å². The topological polar surface area (TPSA) is 70.7 Å². The number of nitrogens with one attached hydrogen (secondary N) is 3. The van der Waals surface area contributed by atoms with Gasteiger partial charge in [-0.25, -0.2) is 4.99 Å². The summed E-state index contributed by atoms with van der Waals surface area (Å²) in [5.74, 6) is 1.67. The van der Waals surface area contributed by atoms with Gasteiger partial charge in [0.1, 0.15) is 12.4 Å². The molecule has 0 unspecified atom stereocenters. The van der Waals surface area contributed by atoms with Crippen molar-refractivity contribution in [1.29, 1.82) is 0 Å². The van der Waals surface area contributed by atoms with E-state index in [4.69, 9.17) is 14.5 Å². The molecule has 7 heteroatoms. The third-order valence-electron chi connectivity index (χ3n) is 4.88. The number of methoxy groups -OCH3 is 1. The molecule has 0 radical (unpaired) electrons.